The number of rotatable bonds is 5. The lowest BCUT2D eigenvalue weighted by atomic mass is 9.93. The predicted molar refractivity (Wildman–Crippen MR) is 96.6 cm³/mol. The maximum atomic E-state index is 12.6. The van der Waals surface area contributed by atoms with Crippen molar-refractivity contribution in [2.24, 2.45) is 7.05 Å². The first-order valence-corrected chi connectivity index (χ1v) is 8.65. The number of likely N-dealkylation sites (N-methyl/N-ethyl adjacent to an activating group) is 1. The molecule has 7 nitrogen and oxygen atoms in total. The Morgan fingerprint density at radius 1 is 1.35 bits per heavy atom. The third-order valence-corrected chi connectivity index (χ3v) is 4.87. The molecule has 0 bridgehead atoms. The van der Waals surface area contributed by atoms with Gasteiger partial charge in [0.2, 0.25) is 11.8 Å². The van der Waals surface area contributed by atoms with Crippen molar-refractivity contribution >= 4 is 11.8 Å². The molecule has 0 unspecified atom stereocenters. The average Bonchev–Trinajstić information content (AvgIpc) is 3.04. The van der Waals surface area contributed by atoms with Gasteiger partial charge in [-0.3, -0.25) is 14.3 Å². The Kier molecular flexibility index (Phi) is 5.25. The number of carbonyl (C=O) groups excluding carboxylic acids is 2. The van der Waals surface area contributed by atoms with Crippen LogP contribution >= 0.6 is 0 Å². The van der Waals surface area contributed by atoms with Crippen molar-refractivity contribution in [3.05, 3.63) is 47.8 Å². The molecule has 2 atom stereocenters. The van der Waals surface area contributed by atoms with E-state index in [1.807, 2.05) is 37.4 Å². The molecule has 1 aromatic heterocycles. The number of nitrogens with zero attached hydrogens (tertiary/aromatic N) is 3. The highest BCUT2D eigenvalue weighted by atomic mass is 16.5. The van der Waals surface area contributed by atoms with Gasteiger partial charge in [-0.1, -0.05) is 12.1 Å². The van der Waals surface area contributed by atoms with Crippen LogP contribution in [0.2, 0.25) is 0 Å². The summed E-state index contributed by atoms with van der Waals surface area (Å²) in [6, 6.07) is 8.99. The number of aryl methyl sites for hydroxylation is 1. The molecule has 1 fully saturated rings. The van der Waals surface area contributed by atoms with Crippen molar-refractivity contribution in [1.29, 1.82) is 0 Å². The molecule has 1 aliphatic rings. The number of aromatic nitrogens is 2. The van der Waals surface area contributed by atoms with Gasteiger partial charge in [-0.25, -0.2) is 0 Å². The van der Waals surface area contributed by atoms with Crippen molar-refractivity contribution in [3.8, 4) is 5.75 Å². The second kappa shape index (κ2) is 7.59. The molecule has 2 aromatic rings. The Morgan fingerprint density at radius 3 is 2.85 bits per heavy atom. The van der Waals surface area contributed by atoms with E-state index < -0.39 is 0 Å². The van der Waals surface area contributed by atoms with Gasteiger partial charge in [-0.2, -0.15) is 5.10 Å². The quantitative estimate of drug-likeness (QED) is 0.880. The van der Waals surface area contributed by atoms with E-state index in [0.29, 0.717) is 12.8 Å². The standard InChI is InChI=1S/C19H24N4O3/c1-22-18(25)8-7-15(19(22)16-9-10-20-23(16)2)21-17(24)12-13-5-4-6-14(11-13)26-3/h4-6,9-11,15,19H,7-8,12H2,1-3H3,(H,21,24)/t15-,19-/m1/s1. The summed E-state index contributed by atoms with van der Waals surface area (Å²) in [5.41, 5.74) is 1.80. The van der Waals surface area contributed by atoms with E-state index in [1.165, 1.54) is 0 Å². The first-order chi connectivity index (χ1) is 12.5. The third kappa shape index (κ3) is 3.71. The monoisotopic (exact) mass is 356 g/mol. The van der Waals surface area contributed by atoms with Crippen LogP contribution in [0.1, 0.15) is 30.1 Å². The second-order valence-electron chi connectivity index (χ2n) is 6.57. The molecule has 0 spiro atoms. The van der Waals surface area contributed by atoms with Crippen LogP contribution in [0.4, 0.5) is 0 Å². The van der Waals surface area contributed by atoms with Gasteiger partial charge in [0.05, 0.1) is 31.3 Å². The highest BCUT2D eigenvalue weighted by Gasteiger charge is 2.37. The first-order valence-electron chi connectivity index (χ1n) is 8.65. The van der Waals surface area contributed by atoms with Gasteiger partial charge in [0, 0.05) is 26.7 Å². The Bertz CT molecular complexity index is 802. The summed E-state index contributed by atoms with van der Waals surface area (Å²) in [6.45, 7) is 0. The van der Waals surface area contributed by atoms with E-state index in [-0.39, 0.29) is 30.3 Å². The lowest BCUT2D eigenvalue weighted by Gasteiger charge is -2.39. The Balaban J connectivity index is 1.74. The molecular weight excluding hydrogens is 332 g/mol. The SMILES string of the molecule is COc1cccc(CC(=O)N[C@@H]2CCC(=O)N(C)[C@H]2c2ccnn2C)c1. The molecule has 1 N–H and O–H groups in total. The van der Waals surface area contributed by atoms with E-state index in [2.05, 4.69) is 10.4 Å². The first kappa shape index (κ1) is 18.0. The number of hydrogen-bond acceptors (Lipinski definition) is 4. The van der Waals surface area contributed by atoms with Gasteiger partial charge < -0.3 is 15.0 Å². The largest absolute Gasteiger partial charge is 0.497 e. The molecule has 138 valence electrons. The molecule has 26 heavy (non-hydrogen) atoms. The van der Waals surface area contributed by atoms with Crippen LogP contribution in [0.3, 0.4) is 0 Å². The molecule has 0 radical (unpaired) electrons. The number of likely N-dealkylation sites (tertiary alicyclic amines) is 1. The Labute approximate surface area is 152 Å². The molecule has 7 heteroatoms. The fraction of sp³-hybridized carbons (Fsp3) is 0.421. The molecule has 1 aliphatic heterocycles. The maximum Gasteiger partial charge on any atom is 0.224 e. The molecule has 3 rings (SSSR count). The number of carbonyl (C=O) groups is 2. The normalized spacial score (nSPS) is 20.1. The predicted octanol–water partition coefficient (Wildman–Crippen LogP) is 1.45. The summed E-state index contributed by atoms with van der Waals surface area (Å²) in [4.78, 5) is 26.5. The van der Waals surface area contributed by atoms with Gasteiger partial charge in [0.15, 0.2) is 0 Å². The highest BCUT2D eigenvalue weighted by Crippen LogP contribution is 2.30. The van der Waals surface area contributed by atoms with Crippen LogP contribution in [0.15, 0.2) is 36.5 Å². The lowest BCUT2D eigenvalue weighted by Crippen LogP contribution is -2.51. The van der Waals surface area contributed by atoms with Crippen molar-refractivity contribution in [2.75, 3.05) is 14.2 Å². The van der Waals surface area contributed by atoms with Crippen molar-refractivity contribution < 1.29 is 14.3 Å². The summed E-state index contributed by atoms with van der Waals surface area (Å²) in [5.74, 6) is 0.735. The molecule has 2 amide bonds. The zero-order chi connectivity index (χ0) is 18.7. The Morgan fingerprint density at radius 2 is 2.15 bits per heavy atom. The highest BCUT2D eigenvalue weighted by molar-refractivity contribution is 5.81. The number of piperidine rings is 1. The van der Waals surface area contributed by atoms with Gasteiger partial charge in [-0.05, 0) is 30.2 Å². The van der Waals surface area contributed by atoms with E-state index >= 15 is 0 Å². The van der Waals surface area contributed by atoms with E-state index in [4.69, 9.17) is 4.74 Å². The number of ether oxygens (including phenoxy) is 1. The van der Waals surface area contributed by atoms with E-state index in [1.54, 1.807) is 29.9 Å². The van der Waals surface area contributed by atoms with Crippen LogP contribution in [0.25, 0.3) is 0 Å². The fourth-order valence-electron chi connectivity index (χ4n) is 3.49. The smallest absolute Gasteiger partial charge is 0.224 e. The third-order valence-electron chi connectivity index (χ3n) is 4.87. The molecule has 0 saturated carbocycles. The molecule has 2 heterocycles. The van der Waals surface area contributed by atoms with Gasteiger partial charge in [0.25, 0.3) is 0 Å². The second-order valence-corrected chi connectivity index (χ2v) is 6.57. The maximum absolute atomic E-state index is 12.6. The minimum atomic E-state index is -0.224. The molecule has 0 aliphatic carbocycles. The minimum Gasteiger partial charge on any atom is -0.497 e. The zero-order valence-corrected chi connectivity index (χ0v) is 15.3. The van der Waals surface area contributed by atoms with Crippen molar-refractivity contribution in [1.82, 2.24) is 20.0 Å². The van der Waals surface area contributed by atoms with Crippen LogP contribution in [0.5, 0.6) is 5.75 Å². The fourth-order valence-corrected chi connectivity index (χ4v) is 3.49. The van der Waals surface area contributed by atoms with Crippen molar-refractivity contribution in [3.63, 3.8) is 0 Å². The van der Waals surface area contributed by atoms with E-state index in [9.17, 15) is 9.59 Å². The topological polar surface area (TPSA) is 76.5 Å². The zero-order valence-electron chi connectivity index (χ0n) is 15.3. The van der Waals surface area contributed by atoms with Crippen LogP contribution in [-0.4, -0.2) is 46.7 Å². The lowest BCUT2D eigenvalue weighted by molar-refractivity contribution is -0.137. The summed E-state index contributed by atoms with van der Waals surface area (Å²) >= 11 is 0. The number of amides is 2. The summed E-state index contributed by atoms with van der Waals surface area (Å²) in [6.07, 6.45) is 3.01. The summed E-state index contributed by atoms with van der Waals surface area (Å²) < 4.78 is 6.96. The van der Waals surface area contributed by atoms with E-state index in [0.717, 1.165) is 17.0 Å². The summed E-state index contributed by atoms with van der Waals surface area (Å²) in [5, 5.41) is 7.31. The molecule has 1 saturated heterocycles. The summed E-state index contributed by atoms with van der Waals surface area (Å²) in [7, 11) is 5.23. The Hall–Kier alpha value is -2.83. The average molecular weight is 356 g/mol. The minimum absolute atomic E-state index is 0.0711. The number of methoxy groups -OCH3 is 1. The van der Waals surface area contributed by atoms with Crippen LogP contribution in [0, 0.1) is 0 Å². The molecular formula is C19H24N4O3. The number of hydrogen-bond donors (Lipinski definition) is 1. The van der Waals surface area contributed by atoms with Crippen LogP contribution in [-0.2, 0) is 23.1 Å². The van der Waals surface area contributed by atoms with Crippen LogP contribution < -0.4 is 10.1 Å². The van der Waals surface area contributed by atoms with Gasteiger partial charge in [-0.15, -0.1) is 0 Å². The molecule has 1 aromatic carbocycles. The number of nitrogens with one attached hydrogen (secondary N) is 1. The van der Waals surface area contributed by atoms with Gasteiger partial charge >= 0.3 is 0 Å². The number of benzene rings is 1. The van der Waals surface area contributed by atoms with Gasteiger partial charge in [0.1, 0.15) is 5.75 Å². The van der Waals surface area contributed by atoms with Crippen molar-refractivity contribution in [2.45, 2.75) is 31.3 Å².